The third kappa shape index (κ3) is 5.96. The van der Waals surface area contributed by atoms with Gasteiger partial charge in [0, 0.05) is 34.0 Å². The molecule has 1 fully saturated rings. The van der Waals surface area contributed by atoms with Gasteiger partial charge in [0.2, 0.25) is 0 Å². The number of morpholine rings is 1. The van der Waals surface area contributed by atoms with Crippen LogP contribution in [0.4, 0.5) is 5.13 Å². The first-order chi connectivity index (χ1) is 14.7. The minimum absolute atomic E-state index is 0.0932. The van der Waals surface area contributed by atoms with Gasteiger partial charge in [-0.15, -0.1) is 11.3 Å². The number of aromatic nitrogens is 1. The molecule has 2 aromatic carbocycles. The first kappa shape index (κ1) is 21.1. The zero-order valence-electron chi connectivity index (χ0n) is 16.0. The fourth-order valence-corrected chi connectivity index (χ4v) is 4.52. The van der Waals surface area contributed by atoms with Gasteiger partial charge in [-0.05, 0) is 48.3 Å². The molecule has 1 amide bonds. The average Bonchev–Trinajstić information content (AvgIpc) is 3.23. The first-order valence-corrected chi connectivity index (χ1v) is 11.4. The smallest absolute Gasteiger partial charge is 0.264 e. The Labute approximate surface area is 188 Å². The van der Waals surface area contributed by atoms with E-state index in [2.05, 4.69) is 26.7 Å². The second-order valence-corrected chi connectivity index (χ2v) is 8.95. The van der Waals surface area contributed by atoms with Gasteiger partial charge < -0.3 is 9.47 Å². The van der Waals surface area contributed by atoms with Crippen molar-refractivity contribution in [3.63, 3.8) is 0 Å². The van der Waals surface area contributed by atoms with Crippen LogP contribution in [0.25, 0.3) is 11.3 Å². The van der Waals surface area contributed by atoms with Gasteiger partial charge in [0.15, 0.2) is 11.7 Å². The molecule has 1 aliphatic rings. The van der Waals surface area contributed by atoms with Crippen LogP contribution in [0.3, 0.4) is 0 Å². The highest BCUT2D eigenvalue weighted by Gasteiger charge is 2.13. The normalized spacial score (nSPS) is 14.4. The van der Waals surface area contributed by atoms with Crippen LogP contribution in [0.2, 0.25) is 5.02 Å². The summed E-state index contributed by atoms with van der Waals surface area (Å²) in [4.78, 5) is 17.8. The molecule has 0 saturated carbocycles. The van der Waals surface area contributed by atoms with Crippen LogP contribution >= 0.6 is 34.9 Å². The highest BCUT2D eigenvalue weighted by atomic mass is 35.5. The van der Waals surface area contributed by atoms with Crippen LogP contribution in [0.5, 0.6) is 5.75 Å². The van der Waals surface area contributed by atoms with Gasteiger partial charge in [0.25, 0.3) is 5.91 Å². The number of benzene rings is 2. The van der Waals surface area contributed by atoms with Crippen molar-refractivity contribution in [2.75, 3.05) is 38.2 Å². The molecule has 9 heteroatoms. The SMILES string of the molecule is O=C(COc1ccc(Cl)cc1)Nc1nc(-c2ccc(SN3CCOCC3)cc2)cs1. The van der Waals surface area contributed by atoms with E-state index in [1.807, 2.05) is 17.5 Å². The topological polar surface area (TPSA) is 63.7 Å². The average molecular weight is 462 g/mol. The second-order valence-electron chi connectivity index (χ2n) is 6.49. The van der Waals surface area contributed by atoms with Crippen molar-refractivity contribution in [1.82, 2.24) is 9.29 Å². The van der Waals surface area contributed by atoms with Gasteiger partial charge in [0.05, 0.1) is 18.9 Å². The predicted molar refractivity (Wildman–Crippen MR) is 121 cm³/mol. The summed E-state index contributed by atoms with van der Waals surface area (Å²) in [5.74, 6) is 0.326. The molecule has 2 heterocycles. The maximum atomic E-state index is 12.1. The number of nitrogens with zero attached hydrogens (tertiary/aromatic N) is 2. The lowest BCUT2D eigenvalue weighted by Gasteiger charge is -2.25. The number of amides is 1. The minimum Gasteiger partial charge on any atom is -0.484 e. The Kier molecular flexibility index (Phi) is 7.24. The molecule has 1 N–H and O–H groups in total. The lowest BCUT2D eigenvalue weighted by atomic mass is 10.2. The zero-order chi connectivity index (χ0) is 20.8. The third-order valence-electron chi connectivity index (χ3n) is 4.29. The molecular weight excluding hydrogens is 442 g/mol. The van der Waals surface area contributed by atoms with E-state index in [1.165, 1.54) is 16.2 Å². The molecule has 0 atom stereocenters. The Morgan fingerprint density at radius 3 is 2.63 bits per heavy atom. The Balaban J connectivity index is 1.29. The molecule has 0 bridgehead atoms. The number of carbonyl (C=O) groups is 1. The number of carbonyl (C=O) groups excluding carboxylic acids is 1. The monoisotopic (exact) mass is 461 g/mol. The molecule has 1 aromatic heterocycles. The number of ether oxygens (including phenoxy) is 2. The van der Waals surface area contributed by atoms with Gasteiger partial charge in [0.1, 0.15) is 5.75 Å². The Morgan fingerprint density at radius 1 is 1.17 bits per heavy atom. The molecular formula is C21H20ClN3O3S2. The van der Waals surface area contributed by atoms with Crippen molar-refractivity contribution in [1.29, 1.82) is 0 Å². The molecule has 1 saturated heterocycles. The molecule has 4 rings (SSSR count). The van der Waals surface area contributed by atoms with E-state index in [0.717, 1.165) is 37.6 Å². The summed E-state index contributed by atoms with van der Waals surface area (Å²) in [6.45, 7) is 3.34. The number of rotatable bonds is 7. The molecule has 3 aromatic rings. The van der Waals surface area contributed by atoms with E-state index < -0.39 is 0 Å². The lowest BCUT2D eigenvalue weighted by molar-refractivity contribution is -0.118. The first-order valence-electron chi connectivity index (χ1n) is 9.40. The van der Waals surface area contributed by atoms with E-state index >= 15 is 0 Å². The molecule has 0 aliphatic carbocycles. The Hall–Kier alpha value is -2.10. The van der Waals surface area contributed by atoms with Crippen LogP contribution in [-0.4, -0.2) is 48.1 Å². The largest absolute Gasteiger partial charge is 0.484 e. The number of anilines is 1. The van der Waals surface area contributed by atoms with Crippen molar-refractivity contribution >= 4 is 45.9 Å². The van der Waals surface area contributed by atoms with E-state index in [9.17, 15) is 4.79 Å². The summed E-state index contributed by atoms with van der Waals surface area (Å²) in [5, 5.41) is 5.87. The summed E-state index contributed by atoms with van der Waals surface area (Å²) in [7, 11) is 0. The third-order valence-corrected chi connectivity index (χ3v) is 6.40. The number of hydrogen-bond donors (Lipinski definition) is 1. The van der Waals surface area contributed by atoms with Crippen LogP contribution in [-0.2, 0) is 9.53 Å². The van der Waals surface area contributed by atoms with Gasteiger partial charge in [-0.1, -0.05) is 23.7 Å². The van der Waals surface area contributed by atoms with E-state index in [4.69, 9.17) is 21.1 Å². The standard InChI is InChI=1S/C21H20ClN3O3S2/c22-16-3-5-17(6-4-16)28-13-20(26)24-21-23-19(14-29-21)15-1-7-18(8-2-15)30-25-9-11-27-12-10-25/h1-8,14H,9-13H2,(H,23,24,26). The van der Waals surface area contributed by atoms with Crippen LogP contribution in [0.15, 0.2) is 58.8 Å². The summed E-state index contributed by atoms with van der Waals surface area (Å²) in [6.07, 6.45) is 0. The van der Waals surface area contributed by atoms with Gasteiger partial charge >= 0.3 is 0 Å². The highest BCUT2D eigenvalue weighted by molar-refractivity contribution is 7.97. The van der Waals surface area contributed by atoms with Gasteiger partial charge in [-0.2, -0.15) is 0 Å². The quantitative estimate of drug-likeness (QED) is 0.509. The van der Waals surface area contributed by atoms with Crippen molar-refractivity contribution in [2.45, 2.75) is 4.90 Å². The second kappa shape index (κ2) is 10.3. The lowest BCUT2D eigenvalue weighted by Crippen LogP contribution is -2.30. The molecule has 0 unspecified atom stereocenters. The van der Waals surface area contributed by atoms with E-state index in [0.29, 0.717) is 15.9 Å². The Bertz CT molecular complexity index is 974. The van der Waals surface area contributed by atoms with E-state index in [-0.39, 0.29) is 12.5 Å². The Morgan fingerprint density at radius 2 is 1.90 bits per heavy atom. The fraction of sp³-hybridized carbons (Fsp3) is 0.238. The van der Waals surface area contributed by atoms with Crippen LogP contribution in [0, 0.1) is 0 Å². The molecule has 30 heavy (non-hydrogen) atoms. The molecule has 0 radical (unpaired) electrons. The molecule has 6 nitrogen and oxygen atoms in total. The summed E-state index contributed by atoms with van der Waals surface area (Å²) >= 11 is 8.97. The van der Waals surface area contributed by atoms with Crippen molar-refractivity contribution in [2.24, 2.45) is 0 Å². The predicted octanol–water partition coefficient (Wildman–Crippen LogP) is 4.82. The molecule has 0 spiro atoms. The maximum absolute atomic E-state index is 12.1. The zero-order valence-corrected chi connectivity index (χ0v) is 18.4. The summed E-state index contributed by atoms with van der Waals surface area (Å²) < 4.78 is 13.1. The van der Waals surface area contributed by atoms with Crippen molar-refractivity contribution in [3.8, 4) is 17.0 Å². The van der Waals surface area contributed by atoms with Crippen molar-refractivity contribution in [3.05, 3.63) is 58.9 Å². The molecule has 1 aliphatic heterocycles. The van der Waals surface area contributed by atoms with Gasteiger partial charge in [-0.3, -0.25) is 10.1 Å². The number of nitrogens with one attached hydrogen (secondary N) is 1. The summed E-state index contributed by atoms with van der Waals surface area (Å²) in [6, 6.07) is 15.1. The van der Waals surface area contributed by atoms with Crippen LogP contribution < -0.4 is 10.1 Å². The van der Waals surface area contributed by atoms with E-state index in [1.54, 1.807) is 36.2 Å². The summed E-state index contributed by atoms with van der Waals surface area (Å²) in [5.41, 5.74) is 1.84. The number of halogens is 1. The number of thiazole rings is 1. The van der Waals surface area contributed by atoms with Crippen molar-refractivity contribution < 1.29 is 14.3 Å². The van der Waals surface area contributed by atoms with Gasteiger partial charge in [-0.25, -0.2) is 9.29 Å². The molecule has 156 valence electrons. The minimum atomic E-state index is -0.261. The maximum Gasteiger partial charge on any atom is 0.264 e. The fourth-order valence-electron chi connectivity index (χ4n) is 2.77. The van der Waals surface area contributed by atoms with Crippen LogP contribution in [0.1, 0.15) is 0 Å². The highest BCUT2D eigenvalue weighted by Crippen LogP contribution is 2.29. The number of hydrogen-bond acceptors (Lipinski definition) is 7.